The molecule has 0 aliphatic carbocycles. The summed E-state index contributed by atoms with van der Waals surface area (Å²) in [7, 11) is 0. The number of nitrogens with zero attached hydrogens (tertiary/aromatic N) is 1. The highest BCUT2D eigenvalue weighted by Crippen LogP contribution is 2.16. The van der Waals surface area contributed by atoms with Crippen molar-refractivity contribution >= 4 is 5.69 Å². The molecule has 1 N–H and O–H groups in total. The van der Waals surface area contributed by atoms with Crippen molar-refractivity contribution in [1.29, 1.82) is 0 Å². The highest BCUT2D eigenvalue weighted by atomic mass is 16.6. The van der Waals surface area contributed by atoms with Gasteiger partial charge in [-0.1, -0.05) is 6.58 Å². The number of nitro benzene ring substituents is 1. The van der Waals surface area contributed by atoms with Gasteiger partial charge in [-0.3, -0.25) is 10.1 Å². The van der Waals surface area contributed by atoms with Gasteiger partial charge in [-0.25, -0.2) is 5.48 Å². The zero-order chi connectivity index (χ0) is 10.6. The maximum atomic E-state index is 10.3. The first kappa shape index (κ1) is 10.0. The van der Waals surface area contributed by atoms with Gasteiger partial charge in [0.2, 0.25) is 0 Å². The number of non-ortho nitro benzene ring substituents is 1. The van der Waals surface area contributed by atoms with Gasteiger partial charge in [0.05, 0.1) is 4.92 Å². The maximum Gasteiger partial charge on any atom is 0.269 e. The summed E-state index contributed by atoms with van der Waals surface area (Å²) < 4.78 is 0. The molecular weight excluding hydrogens is 184 g/mol. The molecule has 0 fully saturated rings. The van der Waals surface area contributed by atoms with E-state index in [1.165, 1.54) is 24.3 Å². The molecule has 0 saturated carbocycles. The number of allylic oxidation sites excluding steroid dienone is 1. The number of hydrogen-bond donors (Lipinski definition) is 1. The summed E-state index contributed by atoms with van der Waals surface area (Å²) in [6.45, 7) is 5.31. The van der Waals surface area contributed by atoms with Crippen LogP contribution in [0.15, 0.2) is 36.5 Å². The Morgan fingerprint density at radius 1 is 1.50 bits per heavy atom. The van der Waals surface area contributed by atoms with Crippen molar-refractivity contribution in [3.63, 3.8) is 0 Å². The summed E-state index contributed by atoms with van der Waals surface area (Å²) in [4.78, 5) is 14.9. The van der Waals surface area contributed by atoms with Gasteiger partial charge in [0, 0.05) is 17.8 Å². The Morgan fingerprint density at radius 3 is 2.50 bits per heavy atom. The van der Waals surface area contributed by atoms with Crippen LogP contribution in [0.3, 0.4) is 0 Å². The van der Waals surface area contributed by atoms with Crippen molar-refractivity contribution in [2.24, 2.45) is 0 Å². The quantitative estimate of drug-likeness (QED) is 0.588. The fraction of sp³-hybridized carbons (Fsp3) is 0.111. The second-order valence-electron chi connectivity index (χ2n) is 2.74. The van der Waals surface area contributed by atoms with Gasteiger partial charge in [0.15, 0.2) is 5.75 Å². The second kappa shape index (κ2) is 4.27. The third-order valence-electron chi connectivity index (χ3n) is 1.39. The van der Waals surface area contributed by atoms with Crippen molar-refractivity contribution in [2.75, 3.05) is 0 Å². The highest BCUT2D eigenvalue weighted by Gasteiger charge is 2.03. The Morgan fingerprint density at radius 2 is 2.07 bits per heavy atom. The monoisotopic (exact) mass is 194 g/mol. The van der Waals surface area contributed by atoms with E-state index in [-0.39, 0.29) is 5.69 Å². The summed E-state index contributed by atoms with van der Waals surface area (Å²) in [5.74, 6) is 0.499. The molecule has 0 bridgehead atoms. The van der Waals surface area contributed by atoms with Crippen LogP contribution in [0.4, 0.5) is 5.69 Å². The summed E-state index contributed by atoms with van der Waals surface area (Å²) in [5, 5.41) is 10.3. The van der Waals surface area contributed by atoms with Gasteiger partial charge in [-0.05, 0) is 19.1 Å². The molecule has 0 saturated heterocycles. The molecule has 0 amide bonds. The van der Waals surface area contributed by atoms with Crippen LogP contribution >= 0.6 is 0 Å². The molecule has 0 spiro atoms. The Hall–Kier alpha value is -2.04. The molecule has 0 aliphatic rings. The number of hydroxylamine groups is 1. The molecule has 5 nitrogen and oxygen atoms in total. The van der Waals surface area contributed by atoms with Gasteiger partial charge in [0.1, 0.15) is 0 Å². The molecule has 1 aromatic carbocycles. The second-order valence-corrected chi connectivity index (χ2v) is 2.74. The highest BCUT2D eigenvalue weighted by molar-refractivity contribution is 5.35. The molecule has 0 aromatic heterocycles. The third kappa shape index (κ3) is 2.78. The number of nitrogens with one attached hydrogen (secondary N) is 1. The summed E-state index contributed by atoms with van der Waals surface area (Å²) in [5.41, 5.74) is 3.24. The summed E-state index contributed by atoms with van der Waals surface area (Å²) >= 11 is 0. The van der Waals surface area contributed by atoms with E-state index in [0.29, 0.717) is 11.4 Å². The average molecular weight is 194 g/mol. The SMILES string of the molecule is C=C(C)NOc1ccc([N+](=O)[O-])cc1. The first-order chi connectivity index (χ1) is 6.59. The fourth-order valence-electron chi connectivity index (χ4n) is 0.782. The van der Waals surface area contributed by atoms with Crippen molar-refractivity contribution in [2.45, 2.75) is 6.92 Å². The van der Waals surface area contributed by atoms with Crippen LogP contribution in [0, 0.1) is 10.1 Å². The third-order valence-corrected chi connectivity index (χ3v) is 1.39. The van der Waals surface area contributed by atoms with Gasteiger partial charge >= 0.3 is 0 Å². The molecule has 1 aromatic rings. The van der Waals surface area contributed by atoms with Crippen molar-refractivity contribution in [1.82, 2.24) is 5.48 Å². The van der Waals surface area contributed by atoms with Crippen molar-refractivity contribution in [3.05, 3.63) is 46.7 Å². The van der Waals surface area contributed by atoms with E-state index in [9.17, 15) is 10.1 Å². The first-order valence-electron chi connectivity index (χ1n) is 3.92. The number of nitro groups is 1. The zero-order valence-electron chi connectivity index (χ0n) is 7.69. The van der Waals surface area contributed by atoms with Crippen LogP contribution in [-0.4, -0.2) is 4.92 Å². The lowest BCUT2D eigenvalue weighted by molar-refractivity contribution is -0.384. The fourth-order valence-corrected chi connectivity index (χ4v) is 0.782. The minimum absolute atomic E-state index is 0.0349. The average Bonchev–Trinajstić information content (AvgIpc) is 2.15. The van der Waals surface area contributed by atoms with E-state index in [0.717, 1.165) is 0 Å². The Bertz CT molecular complexity index is 346. The lowest BCUT2D eigenvalue weighted by atomic mass is 10.3. The molecule has 0 heterocycles. The smallest absolute Gasteiger partial charge is 0.269 e. The van der Waals surface area contributed by atoms with Crippen LogP contribution in [0.25, 0.3) is 0 Å². The summed E-state index contributed by atoms with van der Waals surface area (Å²) in [6.07, 6.45) is 0. The lowest BCUT2D eigenvalue weighted by Crippen LogP contribution is -2.14. The van der Waals surface area contributed by atoms with Gasteiger partial charge in [-0.2, -0.15) is 0 Å². The lowest BCUT2D eigenvalue weighted by Gasteiger charge is -2.06. The molecule has 0 aliphatic heterocycles. The molecule has 0 atom stereocenters. The van der Waals surface area contributed by atoms with Crippen LogP contribution in [-0.2, 0) is 0 Å². The predicted octanol–water partition coefficient (Wildman–Crippen LogP) is 2.01. The largest absolute Gasteiger partial charge is 0.383 e. The summed E-state index contributed by atoms with van der Waals surface area (Å²) in [6, 6.07) is 5.76. The molecular formula is C9H10N2O3. The van der Waals surface area contributed by atoms with E-state index in [2.05, 4.69) is 12.1 Å². The van der Waals surface area contributed by atoms with Crippen LogP contribution in [0.2, 0.25) is 0 Å². The molecule has 0 unspecified atom stereocenters. The van der Waals surface area contributed by atoms with E-state index < -0.39 is 4.92 Å². The Balaban J connectivity index is 2.64. The molecule has 0 radical (unpaired) electrons. The standard InChI is InChI=1S/C9H10N2O3/c1-7(2)10-14-9-5-3-8(4-6-9)11(12)13/h3-6,10H,1H2,2H3. The Labute approximate surface area is 81.1 Å². The molecule has 74 valence electrons. The molecule has 14 heavy (non-hydrogen) atoms. The minimum atomic E-state index is -0.462. The zero-order valence-corrected chi connectivity index (χ0v) is 7.69. The normalized spacial score (nSPS) is 9.21. The Kier molecular flexibility index (Phi) is 3.06. The van der Waals surface area contributed by atoms with Gasteiger partial charge in [0.25, 0.3) is 5.69 Å². The van der Waals surface area contributed by atoms with Crippen LogP contribution < -0.4 is 10.3 Å². The van der Waals surface area contributed by atoms with E-state index >= 15 is 0 Å². The van der Waals surface area contributed by atoms with Crippen molar-refractivity contribution < 1.29 is 9.76 Å². The maximum absolute atomic E-state index is 10.3. The van der Waals surface area contributed by atoms with E-state index in [4.69, 9.17) is 4.84 Å². The van der Waals surface area contributed by atoms with E-state index in [1.807, 2.05) is 0 Å². The number of hydrogen-bond acceptors (Lipinski definition) is 4. The predicted molar refractivity (Wildman–Crippen MR) is 51.7 cm³/mol. The topological polar surface area (TPSA) is 64.4 Å². The molecule has 5 heteroatoms. The van der Waals surface area contributed by atoms with E-state index in [1.54, 1.807) is 6.92 Å². The first-order valence-corrected chi connectivity index (χ1v) is 3.92. The molecule has 1 rings (SSSR count). The van der Waals surface area contributed by atoms with Gasteiger partial charge in [-0.15, -0.1) is 0 Å². The number of rotatable bonds is 4. The van der Waals surface area contributed by atoms with Crippen molar-refractivity contribution in [3.8, 4) is 5.75 Å². The minimum Gasteiger partial charge on any atom is -0.383 e. The van der Waals surface area contributed by atoms with Gasteiger partial charge < -0.3 is 4.84 Å². The number of benzene rings is 1. The van der Waals surface area contributed by atoms with Crippen LogP contribution in [0.1, 0.15) is 6.92 Å². The van der Waals surface area contributed by atoms with Crippen LogP contribution in [0.5, 0.6) is 5.75 Å².